The van der Waals surface area contributed by atoms with Gasteiger partial charge in [0.15, 0.2) is 11.5 Å². The maximum absolute atomic E-state index is 9.92. The molecule has 0 saturated heterocycles. The van der Waals surface area contributed by atoms with E-state index < -0.39 is 0 Å². The normalized spacial score (nSPS) is 12.2. The van der Waals surface area contributed by atoms with Gasteiger partial charge in [0.2, 0.25) is 0 Å². The van der Waals surface area contributed by atoms with Gasteiger partial charge in [-0.1, -0.05) is 49.7 Å². The third-order valence-electron chi connectivity index (χ3n) is 5.45. The number of phenols is 1. The van der Waals surface area contributed by atoms with E-state index in [-0.39, 0.29) is 5.75 Å². The van der Waals surface area contributed by atoms with Gasteiger partial charge in [-0.15, -0.1) is 0 Å². The van der Waals surface area contributed by atoms with Crippen LogP contribution >= 0.6 is 0 Å². The number of phenolic OH excluding ortho intramolecular Hbond substituents is 1. The Labute approximate surface area is 171 Å². The van der Waals surface area contributed by atoms with Crippen molar-refractivity contribution in [2.45, 2.75) is 32.1 Å². The Bertz CT molecular complexity index is 1120. The molecule has 0 amide bonds. The molecule has 4 nitrogen and oxygen atoms in total. The van der Waals surface area contributed by atoms with Gasteiger partial charge in [-0.2, -0.15) is 0 Å². The van der Waals surface area contributed by atoms with Crippen LogP contribution in [-0.4, -0.2) is 21.8 Å². The highest BCUT2D eigenvalue weighted by Crippen LogP contribution is 2.34. The number of ether oxygens (including phenoxy) is 1. The van der Waals surface area contributed by atoms with Crippen molar-refractivity contribution in [1.29, 1.82) is 0 Å². The maximum Gasteiger partial charge on any atom is 0.160 e. The summed E-state index contributed by atoms with van der Waals surface area (Å²) in [5.41, 5.74) is 5.75. The van der Waals surface area contributed by atoms with Gasteiger partial charge in [-0.25, -0.2) is 4.98 Å². The molecule has 4 rings (SSSR count). The molecule has 29 heavy (non-hydrogen) atoms. The van der Waals surface area contributed by atoms with Crippen LogP contribution in [0.3, 0.4) is 0 Å². The summed E-state index contributed by atoms with van der Waals surface area (Å²) in [6.07, 6.45) is 4.97. The molecule has 0 bridgehead atoms. The molecule has 0 fully saturated rings. The molecule has 0 spiro atoms. The first-order valence-corrected chi connectivity index (χ1v) is 10.1. The molecule has 1 aromatic heterocycles. The summed E-state index contributed by atoms with van der Waals surface area (Å²) in [5.74, 6) is 1.05. The highest BCUT2D eigenvalue weighted by molar-refractivity contribution is 5.77. The summed E-state index contributed by atoms with van der Waals surface area (Å²) < 4.78 is 7.49. The van der Waals surface area contributed by atoms with Crippen molar-refractivity contribution in [2.24, 2.45) is 0 Å². The van der Waals surface area contributed by atoms with E-state index >= 15 is 0 Å². The third kappa shape index (κ3) is 3.83. The lowest BCUT2D eigenvalue weighted by atomic mass is 9.87. The molecule has 0 saturated carbocycles. The zero-order chi connectivity index (χ0) is 20.2. The molecule has 0 aliphatic carbocycles. The van der Waals surface area contributed by atoms with E-state index in [4.69, 9.17) is 4.74 Å². The standard InChI is InChI=1S/C25H26N2O2/c1-3-8-19(15-18-13-14-24(28)25(16-18)29-2)20-9-4-6-11-22(20)27-17-26-21-10-5-7-12-23(21)27/h4-7,9-14,16-17,19,28H,3,8,15H2,1-2H3. The zero-order valence-electron chi connectivity index (χ0n) is 16.9. The molecule has 0 radical (unpaired) electrons. The van der Waals surface area contributed by atoms with E-state index in [0.29, 0.717) is 11.7 Å². The molecule has 4 aromatic rings. The van der Waals surface area contributed by atoms with Crippen molar-refractivity contribution in [3.05, 3.63) is 84.2 Å². The molecule has 0 aliphatic heterocycles. The Morgan fingerprint density at radius 3 is 2.66 bits per heavy atom. The highest BCUT2D eigenvalue weighted by atomic mass is 16.5. The molecule has 148 valence electrons. The predicted octanol–water partition coefficient (Wildman–Crippen LogP) is 5.87. The Kier molecular flexibility index (Phi) is 5.52. The first kappa shape index (κ1) is 19.1. The van der Waals surface area contributed by atoms with Gasteiger partial charge in [0.1, 0.15) is 6.33 Å². The third-order valence-corrected chi connectivity index (χ3v) is 5.45. The summed E-state index contributed by atoms with van der Waals surface area (Å²) in [4.78, 5) is 4.58. The second-order valence-electron chi connectivity index (χ2n) is 7.36. The zero-order valence-corrected chi connectivity index (χ0v) is 16.9. The van der Waals surface area contributed by atoms with Crippen molar-refractivity contribution in [3.63, 3.8) is 0 Å². The van der Waals surface area contributed by atoms with E-state index in [9.17, 15) is 5.11 Å². The minimum Gasteiger partial charge on any atom is -0.504 e. The lowest BCUT2D eigenvalue weighted by molar-refractivity contribution is 0.372. The largest absolute Gasteiger partial charge is 0.504 e. The topological polar surface area (TPSA) is 47.3 Å². The summed E-state index contributed by atoms with van der Waals surface area (Å²) >= 11 is 0. The van der Waals surface area contributed by atoms with Crippen LogP contribution in [0.5, 0.6) is 11.5 Å². The predicted molar refractivity (Wildman–Crippen MR) is 117 cm³/mol. The molecule has 1 atom stereocenters. The lowest BCUT2D eigenvalue weighted by Gasteiger charge is -2.21. The SMILES string of the molecule is CCCC(Cc1ccc(O)c(OC)c1)c1ccccc1-n1cnc2ccccc21. The van der Waals surface area contributed by atoms with Crippen molar-refractivity contribution in [1.82, 2.24) is 9.55 Å². The van der Waals surface area contributed by atoms with E-state index in [1.807, 2.05) is 30.6 Å². The molecule has 4 heteroatoms. The van der Waals surface area contributed by atoms with Crippen LogP contribution in [0.2, 0.25) is 0 Å². The Hall–Kier alpha value is -3.27. The van der Waals surface area contributed by atoms with Crippen LogP contribution in [0.1, 0.15) is 36.8 Å². The van der Waals surface area contributed by atoms with Gasteiger partial charge >= 0.3 is 0 Å². The van der Waals surface area contributed by atoms with Crippen molar-refractivity contribution in [2.75, 3.05) is 7.11 Å². The van der Waals surface area contributed by atoms with Gasteiger partial charge in [0.05, 0.1) is 23.8 Å². The number of nitrogens with zero attached hydrogens (tertiary/aromatic N) is 2. The number of hydrogen-bond donors (Lipinski definition) is 1. The maximum atomic E-state index is 9.92. The fourth-order valence-electron chi connectivity index (χ4n) is 4.05. The van der Waals surface area contributed by atoms with E-state index in [2.05, 4.69) is 52.9 Å². The van der Waals surface area contributed by atoms with Gasteiger partial charge < -0.3 is 9.84 Å². The van der Waals surface area contributed by atoms with Crippen LogP contribution in [0, 0.1) is 0 Å². The number of rotatable bonds is 7. The average molecular weight is 386 g/mol. The quantitative estimate of drug-likeness (QED) is 0.432. The smallest absolute Gasteiger partial charge is 0.160 e. The van der Waals surface area contributed by atoms with Crippen LogP contribution in [-0.2, 0) is 6.42 Å². The van der Waals surface area contributed by atoms with Gasteiger partial charge in [0, 0.05) is 0 Å². The highest BCUT2D eigenvalue weighted by Gasteiger charge is 2.18. The number of para-hydroxylation sites is 3. The molecular weight excluding hydrogens is 360 g/mol. The lowest BCUT2D eigenvalue weighted by Crippen LogP contribution is -2.08. The van der Waals surface area contributed by atoms with Crippen LogP contribution in [0.4, 0.5) is 0 Å². The van der Waals surface area contributed by atoms with Crippen molar-refractivity contribution < 1.29 is 9.84 Å². The van der Waals surface area contributed by atoms with Crippen LogP contribution < -0.4 is 4.74 Å². The summed E-state index contributed by atoms with van der Waals surface area (Å²) in [7, 11) is 1.59. The minimum absolute atomic E-state index is 0.175. The average Bonchev–Trinajstić information content (AvgIpc) is 3.19. The minimum atomic E-state index is 0.175. The first-order valence-electron chi connectivity index (χ1n) is 10.1. The monoisotopic (exact) mass is 386 g/mol. The molecular formula is C25H26N2O2. The first-order chi connectivity index (χ1) is 14.2. The number of aromatic nitrogens is 2. The fraction of sp³-hybridized carbons (Fsp3) is 0.240. The Morgan fingerprint density at radius 2 is 1.83 bits per heavy atom. The summed E-state index contributed by atoms with van der Waals surface area (Å²) in [5, 5.41) is 9.92. The number of hydrogen-bond acceptors (Lipinski definition) is 3. The fourth-order valence-corrected chi connectivity index (χ4v) is 4.05. The van der Waals surface area contributed by atoms with E-state index in [1.54, 1.807) is 13.2 Å². The molecule has 0 aliphatic rings. The molecule has 1 heterocycles. The Balaban J connectivity index is 1.75. The number of benzene rings is 3. The van der Waals surface area contributed by atoms with Gasteiger partial charge in [-0.3, -0.25) is 4.57 Å². The van der Waals surface area contributed by atoms with Gasteiger partial charge in [0.25, 0.3) is 0 Å². The number of imidazole rings is 1. The molecule has 1 N–H and O–H groups in total. The van der Waals surface area contributed by atoms with E-state index in [0.717, 1.165) is 35.9 Å². The van der Waals surface area contributed by atoms with Gasteiger partial charge in [-0.05, 0) is 60.2 Å². The molecule has 3 aromatic carbocycles. The van der Waals surface area contributed by atoms with Crippen molar-refractivity contribution in [3.8, 4) is 17.2 Å². The number of methoxy groups -OCH3 is 1. The van der Waals surface area contributed by atoms with Crippen LogP contribution in [0.25, 0.3) is 16.7 Å². The second kappa shape index (κ2) is 8.39. The second-order valence-corrected chi connectivity index (χ2v) is 7.36. The van der Waals surface area contributed by atoms with Crippen molar-refractivity contribution >= 4 is 11.0 Å². The summed E-state index contributed by atoms with van der Waals surface area (Å²) in [6.45, 7) is 2.22. The number of fused-ring (bicyclic) bond motifs is 1. The van der Waals surface area contributed by atoms with E-state index in [1.165, 1.54) is 11.3 Å². The van der Waals surface area contributed by atoms with Crippen LogP contribution in [0.15, 0.2) is 73.1 Å². The Morgan fingerprint density at radius 1 is 1.03 bits per heavy atom. The summed E-state index contributed by atoms with van der Waals surface area (Å²) in [6, 6.07) is 22.4. The molecule has 1 unspecified atom stereocenters. The number of aromatic hydroxyl groups is 1.